The third kappa shape index (κ3) is 2.07. The summed E-state index contributed by atoms with van der Waals surface area (Å²) in [6.07, 6.45) is 2.44. The summed E-state index contributed by atoms with van der Waals surface area (Å²) in [5, 5.41) is 6.94. The molecule has 0 atom stereocenters. The van der Waals surface area contributed by atoms with Crippen molar-refractivity contribution in [1.82, 2.24) is 10.2 Å². The lowest BCUT2D eigenvalue weighted by atomic mass is 10.3. The minimum absolute atomic E-state index is 0.0817. The van der Waals surface area contributed by atoms with Crippen LogP contribution >= 0.6 is 0 Å². The molecule has 0 fully saturated rings. The molecule has 3 nitrogen and oxygen atoms in total. The number of halogens is 2. The molecule has 0 aliphatic rings. The normalized spacial score (nSPS) is 10.0. The van der Waals surface area contributed by atoms with Gasteiger partial charge in [-0.25, -0.2) is 4.39 Å². The molecule has 0 saturated carbocycles. The third-order valence-electron chi connectivity index (χ3n) is 1.64. The van der Waals surface area contributed by atoms with Gasteiger partial charge in [0.15, 0.2) is 11.6 Å². The fraction of sp³-hybridized carbons (Fsp3) is 0. The molecule has 0 saturated heterocycles. The maximum Gasteiger partial charge on any atom is 0.239 e. The van der Waals surface area contributed by atoms with Crippen LogP contribution in [0.15, 0.2) is 30.3 Å². The highest BCUT2D eigenvalue weighted by Crippen LogP contribution is 2.23. The predicted octanol–water partition coefficient (Wildman–Crippen LogP) is 2.35. The van der Waals surface area contributed by atoms with Crippen molar-refractivity contribution in [2.75, 3.05) is 0 Å². The van der Waals surface area contributed by atoms with Crippen molar-refractivity contribution in [1.29, 1.82) is 0 Å². The average molecular weight is 207 g/mol. The van der Waals surface area contributed by atoms with Crippen LogP contribution in [-0.2, 0) is 0 Å². The van der Waals surface area contributed by atoms with E-state index in [1.807, 2.05) is 0 Å². The molecule has 1 radical (unpaired) electrons. The Morgan fingerprint density at radius 3 is 2.80 bits per heavy atom. The molecule has 1 aromatic heterocycles. The maximum atomic E-state index is 13.1. The number of benzene rings is 1. The molecule has 0 unspecified atom stereocenters. The summed E-state index contributed by atoms with van der Waals surface area (Å²) in [5.74, 6) is -2.16. The van der Waals surface area contributed by atoms with E-state index in [9.17, 15) is 8.78 Å². The predicted molar refractivity (Wildman–Crippen MR) is 47.3 cm³/mol. The Bertz CT molecular complexity index is 462. The summed E-state index contributed by atoms with van der Waals surface area (Å²) in [6.45, 7) is 0. The average Bonchev–Trinajstić information content (AvgIpc) is 2.26. The first-order chi connectivity index (χ1) is 7.27. The van der Waals surface area contributed by atoms with Crippen molar-refractivity contribution < 1.29 is 13.5 Å². The lowest BCUT2D eigenvalue weighted by Crippen LogP contribution is -1.93. The molecular formula is C10H5F2N2O. The molecule has 5 heteroatoms. The fourth-order valence-electron chi connectivity index (χ4n) is 0.983. The second-order valence-corrected chi connectivity index (χ2v) is 2.65. The molecular weight excluding hydrogens is 202 g/mol. The van der Waals surface area contributed by atoms with Gasteiger partial charge in [-0.2, -0.15) is 4.39 Å². The Morgan fingerprint density at radius 2 is 2.07 bits per heavy atom. The Hall–Kier alpha value is -2.04. The number of hydrogen-bond acceptors (Lipinski definition) is 3. The van der Waals surface area contributed by atoms with Crippen LogP contribution in [0.5, 0.6) is 11.6 Å². The van der Waals surface area contributed by atoms with E-state index in [4.69, 9.17) is 4.74 Å². The van der Waals surface area contributed by atoms with Gasteiger partial charge in [-0.05, 0) is 18.2 Å². The lowest BCUT2D eigenvalue weighted by Gasteiger charge is -2.04. The van der Waals surface area contributed by atoms with Gasteiger partial charge in [-0.15, -0.1) is 10.2 Å². The Balaban J connectivity index is 2.29. The van der Waals surface area contributed by atoms with Crippen molar-refractivity contribution >= 4 is 0 Å². The summed E-state index contributed by atoms with van der Waals surface area (Å²) in [6, 6.07) is 6.55. The highest BCUT2D eigenvalue weighted by Gasteiger charge is 2.09. The molecule has 0 aliphatic heterocycles. The van der Waals surface area contributed by atoms with Gasteiger partial charge in [0.25, 0.3) is 0 Å². The summed E-state index contributed by atoms with van der Waals surface area (Å²) in [4.78, 5) is 0. The van der Waals surface area contributed by atoms with Crippen molar-refractivity contribution in [2.45, 2.75) is 0 Å². The summed E-state index contributed by atoms with van der Waals surface area (Å²) < 4.78 is 30.9. The molecule has 1 aromatic carbocycles. The monoisotopic (exact) mass is 207 g/mol. The Kier molecular flexibility index (Phi) is 2.53. The van der Waals surface area contributed by atoms with Crippen LogP contribution in [0, 0.1) is 17.8 Å². The van der Waals surface area contributed by atoms with Crippen LogP contribution < -0.4 is 4.74 Å². The Labute approximate surface area is 84.3 Å². The smallest absolute Gasteiger partial charge is 0.239 e. The minimum Gasteiger partial charge on any atom is -0.434 e. The summed E-state index contributed by atoms with van der Waals surface area (Å²) in [7, 11) is 0. The van der Waals surface area contributed by atoms with Gasteiger partial charge < -0.3 is 4.74 Å². The number of nitrogens with zero attached hydrogens (tertiary/aromatic N) is 2. The zero-order chi connectivity index (χ0) is 10.7. The van der Waals surface area contributed by atoms with E-state index in [0.29, 0.717) is 0 Å². The first kappa shape index (κ1) is 9.51. The quantitative estimate of drug-likeness (QED) is 0.758. The van der Waals surface area contributed by atoms with Gasteiger partial charge in [0, 0.05) is 6.07 Å². The van der Waals surface area contributed by atoms with Crippen LogP contribution in [0.2, 0.25) is 0 Å². The van der Waals surface area contributed by atoms with Crippen molar-refractivity contribution in [2.24, 2.45) is 0 Å². The van der Waals surface area contributed by atoms with Gasteiger partial charge in [0.05, 0.1) is 0 Å². The van der Waals surface area contributed by atoms with Gasteiger partial charge in [-0.1, -0.05) is 6.07 Å². The second kappa shape index (κ2) is 4.00. The molecule has 0 bridgehead atoms. The van der Waals surface area contributed by atoms with Crippen LogP contribution in [0.25, 0.3) is 0 Å². The van der Waals surface area contributed by atoms with Gasteiger partial charge in [0.1, 0.15) is 6.20 Å². The zero-order valence-corrected chi connectivity index (χ0v) is 7.45. The largest absolute Gasteiger partial charge is 0.434 e. The minimum atomic E-state index is -1.05. The first-order valence-corrected chi connectivity index (χ1v) is 4.09. The SMILES string of the molecule is Fc1cccc(Oc2cc[c]nn2)c1F. The van der Waals surface area contributed by atoms with Crippen LogP contribution in [0.1, 0.15) is 0 Å². The van der Waals surface area contributed by atoms with Gasteiger partial charge >= 0.3 is 0 Å². The number of rotatable bonds is 2. The number of ether oxygens (including phenoxy) is 1. The standard InChI is InChI=1S/C10H5F2N2O/c11-7-3-1-4-8(10(7)12)15-9-5-2-6-13-14-9/h1-5H. The van der Waals surface area contributed by atoms with Crippen molar-refractivity contribution in [3.63, 3.8) is 0 Å². The molecule has 0 amide bonds. The zero-order valence-electron chi connectivity index (χ0n) is 7.45. The highest BCUT2D eigenvalue weighted by atomic mass is 19.2. The van der Waals surface area contributed by atoms with Crippen LogP contribution in [0.3, 0.4) is 0 Å². The van der Waals surface area contributed by atoms with E-state index < -0.39 is 11.6 Å². The maximum absolute atomic E-state index is 13.1. The van der Waals surface area contributed by atoms with E-state index in [-0.39, 0.29) is 11.6 Å². The molecule has 2 rings (SSSR count). The summed E-state index contributed by atoms with van der Waals surface area (Å²) >= 11 is 0. The number of aromatic nitrogens is 2. The number of hydrogen-bond donors (Lipinski definition) is 0. The highest BCUT2D eigenvalue weighted by molar-refractivity contribution is 5.28. The van der Waals surface area contributed by atoms with E-state index >= 15 is 0 Å². The van der Waals surface area contributed by atoms with Crippen molar-refractivity contribution in [3.05, 3.63) is 48.2 Å². The van der Waals surface area contributed by atoms with E-state index in [0.717, 1.165) is 6.07 Å². The van der Waals surface area contributed by atoms with E-state index in [1.165, 1.54) is 24.3 Å². The fourth-order valence-corrected chi connectivity index (χ4v) is 0.983. The molecule has 2 aromatic rings. The molecule has 0 N–H and O–H groups in total. The molecule has 1 heterocycles. The Morgan fingerprint density at radius 1 is 1.20 bits per heavy atom. The molecule has 15 heavy (non-hydrogen) atoms. The van der Waals surface area contributed by atoms with Crippen LogP contribution in [0.4, 0.5) is 8.78 Å². The summed E-state index contributed by atoms with van der Waals surface area (Å²) in [5.41, 5.74) is 0. The van der Waals surface area contributed by atoms with E-state index in [1.54, 1.807) is 0 Å². The van der Waals surface area contributed by atoms with Crippen LogP contribution in [-0.4, -0.2) is 10.2 Å². The molecule has 0 aliphatic carbocycles. The third-order valence-corrected chi connectivity index (χ3v) is 1.64. The first-order valence-electron chi connectivity index (χ1n) is 4.09. The lowest BCUT2D eigenvalue weighted by molar-refractivity contribution is 0.401. The van der Waals surface area contributed by atoms with Crippen molar-refractivity contribution in [3.8, 4) is 11.6 Å². The topological polar surface area (TPSA) is 35.0 Å². The van der Waals surface area contributed by atoms with Gasteiger partial charge in [0.2, 0.25) is 11.7 Å². The van der Waals surface area contributed by atoms with Gasteiger partial charge in [-0.3, -0.25) is 0 Å². The molecule has 75 valence electrons. The van der Waals surface area contributed by atoms with E-state index in [2.05, 4.69) is 16.4 Å². The molecule has 0 spiro atoms. The second-order valence-electron chi connectivity index (χ2n) is 2.65.